The van der Waals surface area contributed by atoms with E-state index in [1.165, 1.54) is 22.7 Å². The summed E-state index contributed by atoms with van der Waals surface area (Å²) in [5, 5.41) is 14.2. The summed E-state index contributed by atoms with van der Waals surface area (Å²) < 4.78 is 9.66. The van der Waals surface area contributed by atoms with Gasteiger partial charge in [-0.1, -0.05) is 18.2 Å². The highest BCUT2D eigenvalue weighted by atomic mass is 32.1. The van der Waals surface area contributed by atoms with Crippen LogP contribution in [0.2, 0.25) is 0 Å². The Morgan fingerprint density at radius 3 is 2.11 bits per heavy atom. The minimum Gasteiger partial charge on any atom is -0.379 e. The van der Waals surface area contributed by atoms with Gasteiger partial charge in [-0.25, -0.2) is 0 Å². The summed E-state index contributed by atoms with van der Waals surface area (Å²) in [5.74, 6) is -1.22. The van der Waals surface area contributed by atoms with E-state index in [4.69, 9.17) is 4.74 Å². The second-order valence-corrected chi connectivity index (χ2v) is 12.9. The molecule has 0 atom stereocenters. The van der Waals surface area contributed by atoms with Crippen molar-refractivity contribution in [2.75, 3.05) is 55.3 Å². The van der Waals surface area contributed by atoms with Crippen molar-refractivity contribution in [1.82, 2.24) is 19.4 Å². The Hall–Kier alpha value is -4.76. The molecule has 14 heteroatoms. The van der Waals surface area contributed by atoms with E-state index >= 15 is 0 Å². The van der Waals surface area contributed by atoms with E-state index in [0.717, 1.165) is 29.7 Å². The molecule has 0 radical (unpaired) electrons. The second-order valence-electron chi connectivity index (χ2n) is 10.9. The van der Waals surface area contributed by atoms with Crippen LogP contribution < -0.4 is 21.3 Å². The Kier molecular flexibility index (Phi) is 9.30. The first-order valence-electron chi connectivity index (χ1n) is 14.7. The van der Waals surface area contributed by atoms with Crippen LogP contribution >= 0.6 is 22.7 Å². The zero-order valence-corrected chi connectivity index (χ0v) is 26.9. The first kappa shape index (κ1) is 31.2. The lowest BCUT2D eigenvalue weighted by Gasteiger charge is -2.26. The summed E-state index contributed by atoms with van der Waals surface area (Å²) in [5.41, 5.74) is 2.18. The number of rotatable bonds is 10. The smallest absolute Gasteiger partial charge is 0.272 e. The number of fused-ring (bicyclic) bond motifs is 1. The number of carbonyl (C=O) groups is 4. The molecule has 0 bridgehead atoms. The summed E-state index contributed by atoms with van der Waals surface area (Å²) in [6, 6.07) is 14.5. The lowest BCUT2D eigenvalue weighted by atomic mass is 10.2. The molecule has 5 heterocycles. The normalized spacial score (nSPS) is 13.4. The monoisotopic (exact) mass is 659 g/mol. The zero-order valence-electron chi connectivity index (χ0n) is 25.3. The number of amides is 4. The third-order valence-corrected chi connectivity index (χ3v) is 9.58. The van der Waals surface area contributed by atoms with Gasteiger partial charge in [0.1, 0.15) is 11.4 Å². The molecular weight excluding hydrogens is 627 g/mol. The summed E-state index contributed by atoms with van der Waals surface area (Å²) in [6.45, 7) is 4.36. The second kappa shape index (κ2) is 13.7. The SMILES string of the molecule is Cn1cc(NC(=O)c2cc(NC(=O)c3cc(NC(=O)c4cc5ccccc5s4)cs3)cn2C)cc1C(=O)NCCN1CCOCC1. The van der Waals surface area contributed by atoms with Gasteiger partial charge >= 0.3 is 0 Å². The number of thiophene rings is 2. The third-order valence-electron chi connectivity index (χ3n) is 7.54. The van der Waals surface area contributed by atoms with E-state index in [1.54, 1.807) is 59.2 Å². The maximum absolute atomic E-state index is 13.1. The number of hydrogen-bond donors (Lipinski definition) is 4. The Morgan fingerprint density at radius 2 is 1.39 bits per heavy atom. The zero-order chi connectivity index (χ0) is 32.2. The maximum Gasteiger partial charge on any atom is 0.272 e. The summed E-state index contributed by atoms with van der Waals surface area (Å²) in [6.07, 6.45) is 3.32. The molecule has 4 aromatic heterocycles. The Labute approximate surface area is 272 Å². The summed E-state index contributed by atoms with van der Waals surface area (Å²) in [7, 11) is 3.45. The first-order valence-corrected chi connectivity index (χ1v) is 16.4. The molecular formula is C32H33N7O5S2. The number of benzene rings is 1. The number of carbonyl (C=O) groups excluding carboxylic acids is 4. The molecule has 1 saturated heterocycles. The fraction of sp³-hybridized carbons (Fsp3) is 0.250. The maximum atomic E-state index is 13.1. The van der Waals surface area contributed by atoms with Crippen molar-refractivity contribution in [3.05, 3.63) is 87.4 Å². The van der Waals surface area contributed by atoms with Gasteiger partial charge in [-0.15, -0.1) is 22.7 Å². The predicted molar refractivity (Wildman–Crippen MR) is 180 cm³/mol. The molecule has 0 unspecified atom stereocenters. The van der Waals surface area contributed by atoms with Gasteiger partial charge in [-0.05, 0) is 35.7 Å². The van der Waals surface area contributed by atoms with Gasteiger partial charge in [0, 0.05) is 62.7 Å². The number of morpholine rings is 1. The van der Waals surface area contributed by atoms with E-state index < -0.39 is 5.91 Å². The summed E-state index contributed by atoms with van der Waals surface area (Å²) in [4.78, 5) is 54.9. The number of nitrogens with zero attached hydrogens (tertiary/aromatic N) is 3. The molecule has 5 aromatic rings. The molecule has 4 amide bonds. The van der Waals surface area contributed by atoms with Crippen molar-refractivity contribution >= 4 is 73.5 Å². The van der Waals surface area contributed by atoms with Crippen LogP contribution in [0.3, 0.4) is 0 Å². The van der Waals surface area contributed by atoms with Crippen LogP contribution in [0, 0.1) is 0 Å². The van der Waals surface area contributed by atoms with E-state index in [1.807, 2.05) is 30.3 Å². The Morgan fingerprint density at radius 1 is 0.761 bits per heavy atom. The average Bonchev–Trinajstić information content (AvgIpc) is 3.84. The van der Waals surface area contributed by atoms with Gasteiger partial charge in [0.2, 0.25) is 0 Å². The fourth-order valence-corrected chi connectivity index (χ4v) is 6.85. The molecule has 1 aliphatic rings. The van der Waals surface area contributed by atoms with E-state index in [0.29, 0.717) is 58.0 Å². The minimum atomic E-state index is -0.393. The number of aromatic nitrogens is 2. The first-order chi connectivity index (χ1) is 22.2. The predicted octanol–water partition coefficient (Wildman–Crippen LogP) is 4.46. The molecule has 238 valence electrons. The highest BCUT2D eigenvalue weighted by molar-refractivity contribution is 7.21. The number of anilines is 3. The fourth-order valence-electron chi connectivity index (χ4n) is 5.16. The third kappa shape index (κ3) is 7.21. The van der Waals surface area contributed by atoms with Gasteiger partial charge in [0.05, 0.1) is 40.0 Å². The van der Waals surface area contributed by atoms with Crippen LogP contribution in [0.4, 0.5) is 17.1 Å². The quantitative estimate of drug-likeness (QED) is 0.175. The van der Waals surface area contributed by atoms with Crippen molar-refractivity contribution in [3.63, 3.8) is 0 Å². The molecule has 1 aliphatic heterocycles. The van der Waals surface area contributed by atoms with Crippen molar-refractivity contribution in [3.8, 4) is 0 Å². The molecule has 0 saturated carbocycles. The standard InChI is InChI=1S/C32H33N7O5S2/c1-37-17-21(14-24(37)29(40)33-7-8-39-9-11-44-12-10-39)34-30(41)25-15-22(18-38(25)2)35-31(42)27-16-23(19-45-27)36-32(43)28-13-20-5-3-4-6-26(20)46-28/h3-6,13-19H,7-12H2,1-2H3,(H,33,40)(H,34,41)(H,35,42)(H,36,43). The minimum absolute atomic E-state index is 0.225. The van der Waals surface area contributed by atoms with Crippen LogP contribution in [0.15, 0.2) is 66.3 Å². The molecule has 12 nitrogen and oxygen atoms in total. The number of hydrogen-bond acceptors (Lipinski definition) is 8. The molecule has 1 aromatic carbocycles. The van der Waals surface area contributed by atoms with Crippen LogP contribution in [0.5, 0.6) is 0 Å². The largest absolute Gasteiger partial charge is 0.379 e. The van der Waals surface area contributed by atoms with E-state index in [9.17, 15) is 19.2 Å². The van der Waals surface area contributed by atoms with Crippen LogP contribution in [-0.2, 0) is 18.8 Å². The lowest BCUT2D eigenvalue weighted by molar-refractivity contribution is 0.0383. The van der Waals surface area contributed by atoms with Gasteiger partial charge < -0.3 is 35.1 Å². The molecule has 4 N–H and O–H groups in total. The molecule has 6 rings (SSSR count). The molecule has 0 aliphatic carbocycles. The Balaban J connectivity index is 1.02. The van der Waals surface area contributed by atoms with Gasteiger partial charge in [0.15, 0.2) is 0 Å². The summed E-state index contributed by atoms with van der Waals surface area (Å²) >= 11 is 2.61. The number of aryl methyl sites for hydroxylation is 2. The Bertz CT molecular complexity index is 1880. The number of nitrogens with one attached hydrogen (secondary N) is 4. The van der Waals surface area contributed by atoms with Crippen molar-refractivity contribution in [2.45, 2.75) is 0 Å². The van der Waals surface area contributed by atoms with Gasteiger partial charge in [-0.2, -0.15) is 0 Å². The molecule has 46 heavy (non-hydrogen) atoms. The van der Waals surface area contributed by atoms with Gasteiger partial charge in [-0.3, -0.25) is 24.1 Å². The lowest BCUT2D eigenvalue weighted by Crippen LogP contribution is -2.41. The molecule has 1 fully saturated rings. The number of ether oxygens (including phenoxy) is 1. The van der Waals surface area contributed by atoms with Crippen molar-refractivity contribution in [1.29, 1.82) is 0 Å². The highest BCUT2D eigenvalue weighted by Crippen LogP contribution is 2.27. The van der Waals surface area contributed by atoms with Gasteiger partial charge in [0.25, 0.3) is 23.6 Å². The van der Waals surface area contributed by atoms with Crippen LogP contribution in [0.25, 0.3) is 10.1 Å². The van der Waals surface area contributed by atoms with Crippen LogP contribution in [0.1, 0.15) is 40.3 Å². The highest BCUT2D eigenvalue weighted by Gasteiger charge is 2.19. The average molecular weight is 660 g/mol. The van der Waals surface area contributed by atoms with Crippen molar-refractivity contribution in [2.24, 2.45) is 14.1 Å². The van der Waals surface area contributed by atoms with E-state index in [-0.39, 0.29) is 17.7 Å². The van der Waals surface area contributed by atoms with Crippen LogP contribution in [-0.4, -0.2) is 77.1 Å². The topological polar surface area (TPSA) is 139 Å². The van der Waals surface area contributed by atoms with Crippen molar-refractivity contribution < 1.29 is 23.9 Å². The molecule has 0 spiro atoms. The van der Waals surface area contributed by atoms with E-state index in [2.05, 4.69) is 26.2 Å².